The van der Waals surface area contributed by atoms with E-state index in [4.69, 9.17) is 9.72 Å². The van der Waals surface area contributed by atoms with Crippen LogP contribution in [0.4, 0.5) is 4.79 Å². The third kappa shape index (κ3) is 4.55. The van der Waals surface area contributed by atoms with E-state index in [1.54, 1.807) is 11.3 Å². The number of hydrogen-bond acceptors (Lipinski definition) is 4. The summed E-state index contributed by atoms with van der Waals surface area (Å²) in [5, 5.41) is 5.73. The van der Waals surface area contributed by atoms with Gasteiger partial charge in [0.2, 0.25) is 0 Å². The van der Waals surface area contributed by atoms with Crippen LogP contribution in [-0.2, 0) is 11.3 Å². The molecule has 0 radical (unpaired) electrons. The molecule has 5 heteroatoms. The van der Waals surface area contributed by atoms with Crippen molar-refractivity contribution in [2.45, 2.75) is 6.54 Å². The molecule has 0 saturated heterocycles. The van der Waals surface area contributed by atoms with Crippen LogP contribution in [0.1, 0.15) is 5.56 Å². The minimum absolute atomic E-state index is 0.202. The smallest absolute Gasteiger partial charge is 0.407 e. The third-order valence-electron chi connectivity index (χ3n) is 3.52. The molecule has 1 aromatic heterocycles. The molecule has 2 aromatic carbocycles. The maximum Gasteiger partial charge on any atom is 0.407 e. The fourth-order valence-corrected chi connectivity index (χ4v) is 3.15. The van der Waals surface area contributed by atoms with Gasteiger partial charge in [-0.1, -0.05) is 61.2 Å². The SMILES string of the molecule is C=CCOC(=O)NCc1cccc(-c2nc(-c3ccccc3)cs2)c1. The minimum Gasteiger partial charge on any atom is -0.445 e. The molecule has 0 aliphatic rings. The fraction of sp³-hybridized carbons (Fsp3) is 0.100. The molecule has 0 bridgehead atoms. The average Bonchev–Trinajstić information content (AvgIpc) is 3.16. The number of carbonyl (C=O) groups excluding carboxylic acids is 1. The summed E-state index contributed by atoms with van der Waals surface area (Å²) in [6.45, 7) is 4.11. The van der Waals surface area contributed by atoms with Crippen molar-refractivity contribution in [3.63, 3.8) is 0 Å². The van der Waals surface area contributed by atoms with Gasteiger partial charge in [-0.3, -0.25) is 0 Å². The van der Waals surface area contributed by atoms with Crippen LogP contribution < -0.4 is 5.32 Å². The Hall–Kier alpha value is -2.92. The van der Waals surface area contributed by atoms with Gasteiger partial charge in [-0.05, 0) is 11.6 Å². The highest BCUT2D eigenvalue weighted by atomic mass is 32.1. The molecule has 0 fully saturated rings. The molecular weight excluding hydrogens is 332 g/mol. The van der Waals surface area contributed by atoms with Gasteiger partial charge in [-0.25, -0.2) is 9.78 Å². The van der Waals surface area contributed by atoms with E-state index in [0.29, 0.717) is 6.54 Å². The standard InChI is InChI=1S/C20H18N2O2S/c1-2-11-24-20(23)21-13-15-7-6-10-17(12-15)19-22-18(14-25-19)16-8-4-3-5-9-16/h2-10,12,14H,1,11,13H2,(H,21,23). The van der Waals surface area contributed by atoms with Crippen molar-refractivity contribution in [2.75, 3.05) is 6.61 Å². The molecule has 0 atom stereocenters. The lowest BCUT2D eigenvalue weighted by Crippen LogP contribution is -2.23. The monoisotopic (exact) mass is 350 g/mol. The van der Waals surface area contributed by atoms with Gasteiger partial charge in [0.1, 0.15) is 11.6 Å². The number of hydrogen-bond donors (Lipinski definition) is 1. The van der Waals surface area contributed by atoms with Gasteiger partial charge in [-0.15, -0.1) is 11.3 Å². The Morgan fingerprint density at radius 3 is 2.76 bits per heavy atom. The van der Waals surface area contributed by atoms with Gasteiger partial charge < -0.3 is 10.1 Å². The lowest BCUT2D eigenvalue weighted by atomic mass is 10.1. The molecule has 25 heavy (non-hydrogen) atoms. The summed E-state index contributed by atoms with van der Waals surface area (Å²) in [5.74, 6) is 0. The van der Waals surface area contributed by atoms with Crippen molar-refractivity contribution in [3.05, 3.63) is 78.2 Å². The highest BCUT2D eigenvalue weighted by Crippen LogP contribution is 2.29. The van der Waals surface area contributed by atoms with Gasteiger partial charge in [0.15, 0.2) is 0 Å². The van der Waals surface area contributed by atoms with Gasteiger partial charge >= 0.3 is 6.09 Å². The van der Waals surface area contributed by atoms with Gasteiger partial charge in [0, 0.05) is 23.1 Å². The molecule has 0 unspecified atom stereocenters. The van der Waals surface area contributed by atoms with Crippen molar-refractivity contribution in [1.82, 2.24) is 10.3 Å². The summed E-state index contributed by atoms with van der Waals surface area (Å²) >= 11 is 1.61. The second-order valence-electron chi connectivity index (χ2n) is 5.34. The van der Waals surface area contributed by atoms with Crippen LogP contribution in [0, 0.1) is 0 Å². The van der Waals surface area contributed by atoms with E-state index < -0.39 is 6.09 Å². The second kappa shape index (κ2) is 8.26. The molecule has 0 spiro atoms. The first kappa shape index (κ1) is 16.9. The van der Waals surface area contributed by atoms with E-state index in [1.165, 1.54) is 6.08 Å². The molecule has 0 aliphatic heterocycles. The number of aromatic nitrogens is 1. The van der Waals surface area contributed by atoms with E-state index in [1.807, 2.05) is 54.6 Å². The lowest BCUT2D eigenvalue weighted by molar-refractivity contribution is 0.158. The average molecular weight is 350 g/mol. The van der Waals surface area contributed by atoms with Crippen molar-refractivity contribution in [2.24, 2.45) is 0 Å². The molecule has 126 valence electrons. The summed E-state index contributed by atoms with van der Waals surface area (Å²) in [5.41, 5.74) is 4.10. The number of thiazole rings is 1. The summed E-state index contributed by atoms with van der Waals surface area (Å²) in [6.07, 6.45) is 1.08. The Balaban J connectivity index is 1.70. The number of nitrogens with one attached hydrogen (secondary N) is 1. The van der Waals surface area contributed by atoms with E-state index in [-0.39, 0.29) is 6.61 Å². The van der Waals surface area contributed by atoms with E-state index in [0.717, 1.165) is 27.4 Å². The predicted molar refractivity (Wildman–Crippen MR) is 101 cm³/mol. The van der Waals surface area contributed by atoms with Crippen molar-refractivity contribution in [3.8, 4) is 21.8 Å². The van der Waals surface area contributed by atoms with Crippen LogP contribution in [-0.4, -0.2) is 17.7 Å². The first-order valence-electron chi connectivity index (χ1n) is 7.88. The minimum atomic E-state index is -0.453. The predicted octanol–water partition coefficient (Wildman–Crippen LogP) is 4.89. The number of alkyl carbamates (subject to hydrolysis) is 1. The summed E-state index contributed by atoms with van der Waals surface area (Å²) in [4.78, 5) is 16.2. The second-order valence-corrected chi connectivity index (χ2v) is 6.20. The largest absolute Gasteiger partial charge is 0.445 e. The number of ether oxygens (including phenoxy) is 1. The Labute approximate surface area is 150 Å². The Morgan fingerprint density at radius 2 is 1.96 bits per heavy atom. The first-order chi connectivity index (χ1) is 12.3. The number of benzene rings is 2. The molecule has 0 aliphatic carbocycles. The molecule has 1 N–H and O–H groups in total. The first-order valence-corrected chi connectivity index (χ1v) is 8.76. The molecule has 3 aromatic rings. The van der Waals surface area contributed by atoms with Crippen LogP contribution in [0.5, 0.6) is 0 Å². The Morgan fingerprint density at radius 1 is 1.16 bits per heavy atom. The zero-order chi connectivity index (χ0) is 17.5. The summed E-state index contributed by atoms with van der Waals surface area (Å²) < 4.78 is 4.90. The number of nitrogens with zero attached hydrogens (tertiary/aromatic N) is 1. The number of amides is 1. The zero-order valence-electron chi connectivity index (χ0n) is 13.6. The van der Waals surface area contributed by atoms with Gasteiger partial charge in [0.05, 0.1) is 5.69 Å². The zero-order valence-corrected chi connectivity index (χ0v) is 14.5. The normalized spacial score (nSPS) is 10.2. The number of rotatable bonds is 6. The molecule has 4 nitrogen and oxygen atoms in total. The van der Waals surface area contributed by atoms with Crippen LogP contribution in [0.15, 0.2) is 72.6 Å². The van der Waals surface area contributed by atoms with Crippen molar-refractivity contribution < 1.29 is 9.53 Å². The van der Waals surface area contributed by atoms with Gasteiger partial charge in [-0.2, -0.15) is 0 Å². The quantitative estimate of drug-likeness (QED) is 0.644. The maximum atomic E-state index is 11.5. The van der Waals surface area contributed by atoms with Crippen LogP contribution >= 0.6 is 11.3 Å². The van der Waals surface area contributed by atoms with E-state index >= 15 is 0 Å². The molecule has 3 rings (SSSR count). The Kier molecular flexibility index (Phi) is 5.59. The summed E-state index contributed by atoms with van der Waals surface area (Å²) in [6, 6.07) is 18.1. The number of carbonyl (C=O) groups is 1. The molecule has 0 saturated carbocycles. The topological polar surface area (TPSA) is 51.2 Å². The Bertz CT molecular complexity index is 859. The van der Waals surface area contributed by atoms with E-state index in [2.05, 4.69) is 17.3 Å². The third-order valence-corrected chi connectivity index (χ3v) is 4.41. The van der Waals surface area contributed by atoms with Crippen LogP contribution in [0.25, 0.3) is 21.8 Å². The fourth-order valence-electron chi connectivity index (χ4n) is 2.32. The van der Waals surface area contributed by atoms with Crippen LogP contribution in [0.3, 0.4) is 0 Å². The molecule has 1 heterocycles. The molecule has 1 amide bonds. The van der Waals surface area contributed by atoms with Crippen molar-refractivity contribution >= 4 is 17.4 Å². The lowest BCUT2D eigenvalue weighted by Gasteiger charge is -2.06. The van der Waals surface area contributed by atoms with Crippen molar-refractivity contribution in [1.29, 1.82) is 0 Å². The molecular formula is C20H18N2O2S. The summed E-state index contributed by atoms with van der Waals surface area (Å²) in [7, 11) is 0. The maximum absolute atomic E-state index is 11.5. The van der Waals surface area contributed by atoms with E-state index in [9.17, 15) is 4.79 Å². The highest BCUT2D eigenvalue weighted by molar-refractivity contribution is 7.13. The van der Waals surface area contributed by atoms with Gasteiger partial charge in [0.25, 0.3) is 0 Å². The van der Waals surface area contributed by atoms with Crippen LogP contribution in [0.2, 0.25) is 0 Å². The highest BCUT2D eigenvalue weighted by Gasteiger charge is 2.08.